The Morgan fingerprint density at radius 3 is 0.714 bits per heavy atom. The van der Waals surface area contributed by atoms with Crippen LogP contribution in [-0.4, -0.2) is 72.3 Å². The van der Waals surface area contributed by atoms with Gasteiger partial charge in [-0.05, 0) is 0 Å². The fourth-order valence-corrected chi connectivity index (χ4v) is 0. The average Bonchev–Trinajstić information content (AvgIpc) is 0. The van der Waals surface area contributed by atoms with Crippen LogP contribution in [0.4, 0.5) is 0 Å². The molecule has 0 heterocycles. The van der Waals surface area contributed by atoms with Gasteiger partial charge in [0.1, 0.15) is 0 Å². The molecule has 2 radical (unpaired) electrons. The van der Waals surface area contributed by atoms with Gasteiger partial charge in [0, 0.05) is 21.7 Å². The molecule has 0 aliphatic carbocycles. The van der Waals surface area contributed by atoms with Crippen LogP contribution in [0.2, 0.25) is 0 Å². The molecule has 0 aliphatic rings. The van der Waals surface area contributed by atoms with Crippen molar-refractivity contribution in [2.75, 3.05) is 0 Å². The van der Waals surface area contributed by atoms with Gasteiger partial charge in [0.05, 0.1) is 0 Å². The average molecular weight is 355 g/mol. The number of hydrogen-bond acceptors (Lipinski definition) is 0. The summed E-state index contributed by atoms with van der Waals surface area (Å²) in [5.74, 6) is 0. The Morgan fingerprint density at radius 2 is 0.714 bits per heavy atom. The zero-order valence-corrected chi connectivity index (χ0v) is 12.4. The molecule has 8 N–H and O–H groups in total. The summed E-state index contributed by atoms with van der Waals surface area (Å²) >= 11 is 0. The Labute approximate surface area is 95.8 Å². The molecule has 7 heteroatoms. The van der Waals surface area contributed by atoms with E-state index in [-0.39, 0.29) is 96.8 Å². The van der Waals surface area contributed by atoms with Crippen LogP contribution in [0.3, 0.4) is 0 Å². The molecule has 7 heavy (non-hydrogen) atoms. The molecule has 0 fully saturated rings. The van der Waals surface area contributed by atoms with E-state index < -0.39 is 0 Å². The van der Waals surface area contributed by atoms with Gasteiger partial charge < -0.3 is 24.8 Å². The third kappa shape index (κ3) is 63.9. The van der Waals surface area contributed by atoms with E-state index in [2.05, 4.69) is 0 Å². The van der Waals surface area contributed by atoms with Crippen LogP contribution in [0.1, 0.15) is 2.85 Å². The molecule has 0 saturated heterocycles. The van der Waals surface area contributed by atoms with E-state index in [9.17, 15) is 0 Å². The van der Waals surface area contributed by atoms with E-state index in [1.54, 1.807) is 0 Å². The molecule has 0 rings (SSSR count). The van der Waals surface area contributed by atoms with Gasteiger partial charge in [-0.2, -0.15) is 0 Å². The van der Waals surface area contributed by atoms with Gasteiger partial charge in [0.25, 0.3) is 0 Å². The summed E-state index contributed by atoms with van der Waals surface area (Å²) in [5, 5.41) is 0. The zero-order valence-electron chi connectivity index (χ0n) is 5.91. The Kier molecular flexibility index (Phi) is 1530. The second-order valence-electron chi connectivity index (χ2n) is 0. The minimum Gasteiger partial charge on any atom is 0 e. The molecule has 0 saturated carbocycles. The van der Waals surface area contributed by atoms with E-state index in [1.165, 1.54) is 0 Å². The maximum atomic E-state index is 0. The molecule has 0 aromatic rings. The van der Waals surface area contributed by atoms with Crippen molar-refractivity contribution in [1.82, 2.24) is 0 Å². The van der Waals surface area contributed by atoms with E-state index in [1.807, 2.05) is 0 Å². The van der Waals surface area contributed by atoms with E-state index >= 15 is 0 Å². The maximum Gasteiger partial charge on any atom is 0 e. The largest absolute Gasteiger partial charge is 0 e. The first-order valence-corrected chi connectivity index (χ1v) is 0. The SMILES string of the molecule is O.O.O.O.[H-].[H-].[Mg+2].[PbH2].[Ti]. The zero-order chi connectivity index (χ0) is 0. The second-order valence-corrected chi connectivity index (χ2v) is 0. The standard InChI is InChI=1S/Mg.4H2O.Pb.Ti.4H/h;4*1H2;;;;;;/q+2;;;;;;;;;2*-1. The van der Waals surface area contributed by atoms with Crippen LogP contribution < -0.4 is 0 Å². The first-order valence-electron chi connectivity index (χ1n) is 0. The van der Waals surface area contributed by atoms with Crippen molar-refractivity contribution in [3.05, 3.63) is 0 Å². The molecule has 4 nitrogen and oxygen atoms in total. The molecule has 0 unspecified atom stereocenters. The predicted molar refractivity (Wildman–Crippen MR) is 31.0 cm³/mol. The topological polar surface area (TPSA) is 126 Å². The predicted octanol–water partition coefficient (Wildman–Crippen LogP) is -4.37. The fourth-order valence-electron chi connectivity index (χ4n) is 0. The van der Waals surface area contributed by atoms with Gasteiger partial charge in [-0.25, -0.2) is 0 Å². The monoisotopic (exact) mass is 356 g/mol. The molecule has 0 atom stereocenters. The third-order valence-corrected chi connectivity index (χ3v) is 0. The molecule has 0 aromatic heterocycles. The molecule has 0 aliphatic heterocycles. The first kappa shape index (κ1) is 125. The van der Waals surface area contributed by atoms with Crippen molar-refractivity contribution >= 4 is 50.4 Å². The van der Waals surface area contributed by atoms with Crippen LogP contribution >= 0.6 is 0 Å². The van der Waals surface area contributed by atoms with Gasteiger partial charge in [0.2, 0.25) is 0 Å². The first-order chi connectivity index (χ1) is 0. The van der Waals surface area contributed by atoms with Crippen LogP contribution in [-0.2, 0) is 21.7 Å². The quantitative estimate of drug-likeness (QED) is 0.389. The minimum atomic E-state index is 0. The van der Waals surface area contributed by atoms with Crippen LogP contribution in [0, 0.1) is 0 Å². The van der Waals surface area contributed by atoms with Crippen molar-refractivity contribution < 1.29 is 46.5 Å². The van der Waals surface area contributed by atoms with Crippen LogP contribution in [0.5, 0.6) is 0 Å². The van der Waals surface area contributed by atoms with Gasteiger partial charge in [-0.1, -0.05) is 0 Å². The Morgan fingerprint density at radius 1 is 0.714 bits per heavy atom. The summed E-state index contributed by atoms with van der Waals surface area (Å²) in [5.41, 5.74) is 0. The molecule has 0 spiro atoms. The van der Waals surface area contributed by atoms with Crippen molar-refractivity contribution in [2.24, 2.45) is 0 Å². The van der Waals surface area contributed by atoms with Gasteiger partial charge >= 0.3 is 50.4 Å². The van der Waals surface area contributed by atoms with Gasteiger partial charge in [0.15, 0.2) is 0 Å². The molecule has 0 amide bonds. The van der Waals surface area contributed by atoms with Crippen molar-refractivity contribution in [1.29, 1.82) is 0 Å². The van der Waals surface area contributed by atoms with Crippen LogP contribution in [0.25, 0.3) is 0 Å². The molecule has 46 valence electrons. The summed E-state index contributed by atoms with van der Waals surface area (Å²) in [6.45, 7) is 0. The summed E-state index contributed by atoms with van der Waals surface area (Å²) in [6, 6.07) is 0. The summed E-state index contributed by atoms with van der Waals surface area (Å²) < 4.78 is 0. The molecule has 0 aromatic carbocycles. The summed E-state index contributed by atoms with van der Waals surface area (Å²) in [6.07, 6.45) is 0. The Balaban J connectivity index is 0. The molecular formula is H12MgO4PbTi. The second kappa shape index (κ2) is 86.0. The van der Waals surface area contributed by atoms with Gasteiger partial charge in [-0.15, -0.1) is 0 Å². The maximum absolute atomic E-state index is 0. The summed E-state index contributed by atoms with van der Waals surface area (Å²) in [4.78, 5) is 0. The Bertz CT molecular complexity index is 18.5. The van der Waals surface area contributed by atoms with Crippen molar-refractivity contribution in [3.8, 4) is 0 Å². The molecule has 0 bridgehead atoms. The third-order valence-electron chi connectivity index (χ3n) is 0. The molecular weight excluding hydrogens is 343 g/mol. The van der Waals surface area contributed by atoms with E-state index in [4.69, 9.17) is 0 Å². The van der Waals surface area contributed by atoms with Gasteiger partial charge in [-0.3, -0.25) is 0 Å². The Hall–Kier alpha value is 2.24. The normalized spacial score (nSPS) is 0. The van der Waals surface area contributed by atoms with Crippen LogP contribution in [0.15, 0.2) is 0 Å². The van der Waals surface area contributed by atoms with E-state index in [0.29, 0.717) is 0 Å². The van der Waals surface area contributed by atoms with Crippen molar-refractivity contribution in [3.63, 3.8) is 0 Å². The summed E-state index contributed by atoms with van der Waals surface area (Å²) in [7, 11) is 0. The number of rotatable bonds is 0. The fraction of sp³-hybridized carbons (Fsp3) is 0. The minimum absolute atomic E-state index is 0. The number of hydrogen-bond donors (Lipinski definition) is 0. The van der Waals surface area contributed by atoms with E-state index in [0.717, 1.165) is 0 Å². The van der Waals surface area contributed by atoms with Crippen molar-refractivity contribution in [2.45, 2.75) is 0 Å². The smallest absolute Gasteiger partial charge is 0 e.